The summed E-state index contributed by atoms with van der Waals surface area (Å²) in [5, 5.41) is 0. The van der Waals surface area contributed by atoms with Gasteiger partial charge < -0.3 is 0 Å². The van der Waals surface area contributed by atoms with Crippen LogP contribution >= 0.6 is 28.7 Å². The van der Waals surface area contributed by atoms with Gasteiger partial charge in [0.05, 0.1) is 0 Å². The number of rotatable bonds is 0. The number of hydrogen-bond donors (Lipinski definition) is 0. The third kappa shape index (κ3) is 1.97. The summed E-state index contributed by atoms with van der Waals surface area (Å²) in [5.74, 6) is 0. The van der Waals surface area contributed by atoms with Crippen molar-refractivity contribution in [1.29, 1.82) is 0 Å². The van der Waals surface area contributed by atoms with E-state index in [1.54, 1.807) is 0 Å². The maximum atomic E-state index is 2.22. The number of fused-ring (bicyclic) bond motifs is 2. The topological polar surface area (TPSA) is 0 Å². The SMILES string of the molecule is Br.c1ccc2c(c1)Cc1ccccc1S2. The summed E-state index contributed by atoms with van der Waals surface area (Å²) >= 11 is 1.88. The van der Waals surface area contributed by atoms with Crippen molar-refractivity contribution in [2.24, 2.45) is 0 Å². The van der Waals surface area contributed by atoms with Crippen molar-refractivity contribution in [2.75, 3.05) is 0 Å². The zero-order valence-corrected chi connectivity index (χ0v) is 10.7. The van der Waals surface area contributed by atoms with E-state index in [1.807, 2.05) is 11.8 Å². The molecule has 0 radical (unpaired) electrons. The highest BCUT2D eigenvalue weighted by Gasteiger charge is 2.13. The second-order valence-electron chi connectivity index (χ2n) is 3.49. The maximum absolute atomic E-state index is 2.22. The van der Waals surface area contributed by atoms with Gasteiger partial charge in [0.15, 0.2) is 0 Å². The summed E-state index contributed by atoms with van der Waals surface area (Å²) in [5.41, 5.74) is 2.91. The average molecular weight is 279 g/mol. The van der Waals surface area contributed by atoms with E-state index >= 15 is 0 Å². The van der Waals surface area contributed by atoms with Crippen LogP contribution in [-0.4, -0.2) is 0 Å². The summed E-state index contributed by atoms with van der Waals surface area (Å²) in [6.45, 7) is 0. The second kappa shape index (κ2) is 4.42. The molecular weight excluding hydrogens is 268 g/mol. The van der Waals surface area contributed by atoms with Gasteiger partial charge in [-0.15, -0.1) is 17.0 Å². The van der Waals surface area contributed by atoms with Gasteiger partial charge in [-0.2, -0.15) is 0 Å². The molecule has 0 N–H and O–H groups in total. The molecule has 76 valence electrons. The summed E-state index contributed by atoms with van der Waals surface area (Å²) in [6.07, 6.45) is 1.08. The Labute approximate surface area is 104 Å². The maximum Gasteiger partial charge on any atom is 0.0157 e. The largest absolute Gasteiger partial charge is 0.114 e. The molecule has 0 aliphatic carbocycles. The van der Waals surface area contributed by atoms with Crippen molar-refractivity contribution in [3.8, 4) is 0 Å². The van der Waals surface area contributed by atoms with Gasteiger partial charge in [-0.05, 0) is 29.7 Å². The first-order valence-corrected chi connectivity index (χ1v) is 5.59. The van der Waals surface area contributed by atoms with Crippen LogP contribution in [0.5, 0.6) is 0 Å². The van der Waals surface area contributed by atoms with E-state index in [4.69, 9.17) is 0 Å². The fourth-order valence-corrected chi connectivity index (χ4v) is 2.90. The smallest absolute Gasteiger partial charge is 0.0157 e. The number of benzene rings is 2. The van der Waals surface area contributed by atoms with E-state index < -0.39 is 0 Å². The molecule has 2 aromatic carbocycles. The van der Waals surface area contributed by atoms with Crippen LogP contribution in [0.25, 0.3) is 0 Å². The first-order chi connectivity index (χ1) is 6.93. The Bertz CT molecular complexity index is 392. The molecule has 0 nitrogen and oxygen atoms in total. The fraction of sp³-hybridized carbons (Fsp3) is 0.0769. The van der Waals surface area contributed by atoms with Gasteiger partial charge in [0, 0.05) is 9.79 Å². The quantitative estimate of drug-likeness (QED) is 0.590. The van der Waals surface area contributed by atoms with E-state index in [-0.39, 0.29) is 17.0 Å². The lowest BCUT2D eigenvalue weighted by Gasteiger charge is -2.17. The molecule has 1 heterocycles. The van der Waals surface area contributed by atoms with Crippen LogP contribution in [0.4, 0.5) is 0 Å². The Morgan fingerprint density at radius 3 is 1.73 bits per heavy atom. The summed E-state index contributed by atoms with van der Waals surface area (Å²) in [6, 6.07) is 17.3. The molecule has 0 saturated heterocycles. The number of halogens is 1. The molecule has 15 heavy (non-hydrogen) atoms. The van der Waals surface area contributed by atoms with Crippen molar-refractivity contribution in [3.63, 3.8) is 0 Å². The second-order valence-corrected chi connectivity index (χ2v) is 4.58. The molecule has 0 spiro atoms. The Balaban J connectivity index is 0.000000853. The monoisotopic (exact) mass is 278 g/mol. The molecule has 0 unspecified atom stereocenters. The standard InChI is InChI=1S/C13H10S.BrH/c1-3-7-12-10(5-1)9-11-6-2-4-8-13(11)14-12;/h1-8H,9H2;1H. The third-order valence-electron chi connectivity index (χ3n) is 2.55. The molecule has 2 heteroatoms. The Morgan fingerprint density at radius 2 is 1.20 bits per heavy atom. The van der Waals surface area contributed by atoms with Gasteiger partial charge in [0.2, 0.25) is 0 Å². The van der Waals surface area contributed by atoms with Crippen molar-refractivity contribution in [1.82, 2.24) is 0 Å². The minimum atomic E-state index is 0. The number of hydrogen-bond acceptors (Lipinski definition) is 1. The molecule has 0 amide bonds. The van der Waals surface area contributed by atoms with Crippen LogP contribution in [0.2, 0.25) is 0 Å². The third-order valence-corrected chi connectivity index (χ3v) is 3.78. The van der Waals surface area contributed by atoms with Gasteiger partial charge in [0.1, 0.15) is 0 Å². The van der Waals surface area contributed by atoms with Crippen LogP contribution in [0.15, 0.2) is 58.3 Å². The Hall–Kier alpha value is -0.730. The first kappa shape index (κ1) is 10.8. The predicted molar refractivity (Wildman–Crippen MR) is 70.1 cm³/mol. The van der Waals surface area contributed by atoms with Gasteiger partial charge in [-0.3, -0.25) is 0 Å². The highest BCUT2D eigenvalue weighted by molar-refractivity contribution is 8.93. The predicted octanol–water partition coefficient (Wildman–Crippen LogP) is 4.32. The van der Waals surface area contributed by atoms with Crippen molar-refractivity contribution >= 4 is 28.7 Å². The van der Waals surface area contributed by atoms with Crippen LogP contribution in [0, 0.1) is 0 Å². The molecule has 0 fully saturated rings. The highest BCUT2D eigenvalue weighted by atomic mass is 79.9. The molecule has 0 atom stereocenters. The molecule has 3 rings (SSSR count). The highest BCUT2D eigenvalue weighted by Crippen LogP contribution is 2.38. The van der Waals surface area contributed by atoms with E-state index in [0.717, 1.165) is 6.42 Å². The molecule has 1 aliphatic rings. The van der Waals surface area contributed by atoms with Crippen LogP contribution in [0.1, 0.15) is 11.1 Å². The minimum absolute atomic E-state index is 0. The summed E-state index contributed by atoms with van der Waals surface area (Å²) in [4.78, 5) is 2.82. The van der Waals surface area contributed by atoms with E-state index in [2.05, 4.69) is 48.5 Å². The molecule has 2 aromatic rings. The lowest BCUT2D eigenvalue weighted by Crippen LogP contribution is -1.98. The molecular formula is C13H11BrS. The van der Waals surface area contributed by atoms with Crippen molar-refractivity contribution < 1.29 is 0 Å². The lowest BCUT2D eigenvalue weighted by atomic mass is 10.0. The van der Waals surface area contributed by atoms with Gasteiger partial charge in [-0.1, -0.05) is 48.2 Å². The Kier molecular flexibility index (Phi) is 3.17. The summed E-state index contributed by atoms with van der Waals surface area (Å²) in [7, 11) is 0. The van der Waals surface area contributed by atoms with E-state index in [1.165, 1.54) is 20.9 Å². The van der Waals surface area contributed by atoms with Crippen molar-refractivity contribution in [2.45, 2.75) is 16.2 Å². The molecule has 0 aromatic heterocycles. The zero-order valence-electron chi connectivity index (χ0n) is 8.14. The Morgan fingerprint density at radius 1 is 0.733 bits per heavy atom. The van der Waals surface area contributed by atoms with Crippen LogP contribution < -0.4 is 0 Å². The lowest BCUT2D eigenvalue weighted by molar-refractivity contribution is 1.06. The van der Waals surface area contributed by atoms with E-state index in [0.29, 0.717) is 0 Å². The van der Waals surface area contributed by atoms with Gasteiger partial charge >= 0.3 is 0 Å². The van der Waals surface area contributed by atoms with Crippen LogP contribution in [0.3, 0.4) is 0 Å². The molecule has 1 aliphatic heterocycles. The van der Waals surface area contributed by atoms with Gasteiger partial charge in [-0.25, -0.2) is 0 Å². The van der Waals surface area contributed by atoms with Crippen LogP contribution in [-0.2, 0) is 6.42 Å². The molecule has 0 bridgehead atoms. The summed E-state index contributed by atoms with van der Waals surface area (Å²) < 4.78 is 0. The fourth-order valence-electron chi connectivity index (χ4n) is 1.82. The van der Waals surface area contributed by atoms with Gasteiger partial charge in [0.25, 0.3) is 0 Å². The molecule has 0 saturated carbocycles. The van der Waals surface area contributed by atoms with Crippen molar-refractivity contribution in [3.05, 3.63) is 59.7 Å². The van der Waals surface area contributed by atoms with E-state index in [9.17, 15) is 0 Å². The first-order valence-electron chi connectivity index (χ1n) is 4.77. The zero-order chi connectivity index (χ0) is 9.38. The normalized spacial score (nSPS) is 12.3. The average Bonchev–Trinajstić information content (AvgIpc) is 2.26. The minimum Gasteiger partial charge on any atom is -0.114 e.